The number of nitrogens with one attached hydrogen (secondary N) is 1. The Hall–Kier alpha value is -0.702. The molecule has 0 atom stereocenters. The fraction of sp³-hybridized carbons (Fsp3) is 0.205. The van der Waals surface area contributed by atoms with Gasteiger partial charge in [-0.2, -0.15) is 86.3 Å². The van der Waals surface area contributed by atoms with E-state index < -0.39 is 11.9 Å². The van der Waals surface area contributed by atoms with E-state index in [4.69, 9.17) is 24.5 Å². The summed E-state index contributed by atoms with van der Waals surface area (Å²) in [6.07, 6.45) is 15.3. The van der Waals surface area contributed by atoms with E-state index in [2.05, 4.69) is 53.0 Å². The SMILES string of the molecule is C=C[C-]=O.C=C[C-]=O.N=Cc1cc(OC(=O)c2cc[c-]cc2)ccc1OC(=O)c1cc[c-]cc1.[CH2-]CCCC[CH2-].[CH2-]CCCC[CH2-].[U+2].[U+2].[U+2].[U+2]. The maximum atomic E-state index is 12.1. The molecule has 0 spiro atoms. The average molecular weight is 1570 g/mol. The number of unbranched alkanes of at least 4 members (excludes halogenated alkanes) is 6. The van der Waals surface area contributed by atoms with E-state index in [0.29, 0.717) is 16.7 Å². The molecule has 0 aliphatic heterocycles. The fourth-order valence-corrected chi connectivity index (χ4v) is 2.87. The van der Waals surface area contributed by atoms with Crippen molar-refractivity contribution in [2.24, 2.45) is 0 Å². The molecule has 256 valence electrons. The largest absolute Gasteiger partial charge is 2.00 e. The van der Waals surface area contributed by atoms with Crippen LogP contribution < -0.4 is 9.47 Å². The van der Waals surface area contributed by atoms with Crippen molar-refractivity contribution in [2.45, 2.75) is 51.4 Å². The predicted octanol–water partition coefficient (Wildman–Crippen LogP) is 8.72. The zero-order valence-corrected chi connectivity index (χ0v) is 45.1. The number of carbonyl (C=O) groups is 2. The van der Waals surface area contributed by atoms with Crippen LogP contribution in [-0.2, 0) is 9.59 Å². The smallest absolute Gasteiger partial charge is 0.424 e. The van der Waals surface area contributed by atoms with Crippen LogP contribution in [-0.4, -0.2) is 30.7 Å². The van der Waals surface area contributed by atoms with Gasteiger partial charge in [-0.3, -0.25) is 0 Å². The Morgan fingerprint density at radius 2 is 1.00 bits per heavy atom. The van der Waals surface area contributed by atoms with Crippen LogP contribution in [0.5, 0.6) is 11.5 Å². The predicted molar refractivity (Wildman–Crippen MR) is 185 cm³/mol. The van der Waals surface area contributed by atoms with Gasteiger partial charge in [-0.05, 0) is 41.9 Å². The summed E-state index contributed by atoms with van der Waals surface area (Å²) in [4.78, 5) is 42.1. The van der Waals surface area contributed by atoms with Gasteiger partial charge in [0.25, 0.3) is 0 Å². The van der Waals surface area contributed by atoms with Crippen LogP contribution in [0, 0.1) is 170 Å². The Balaban J connectivity index is -0.000000168. The molecule has 3 aromatic rings. The van der Waals surface area contributed by atoms with Crippen molar-refractivity contribution in [1.82, 2.24) is 0 Å². The molecule has 0 amide bonds. The van der Waals surface area contributed by atoms with Crippen molar-refractivity contribution in [3.63, 3.8) is 0 Å². The molecule has 0 unspecified atom stereocenters. The number of benzene rings is 3. The minimum Gasteiger partial charge on any atom is -0.424 e. The first-order valence-corrected chi connectivity index (χ1v) is 14.5. The van der Waals surface area contributed by atoms with Crippen LogP contribution in [0.2, 0.25) is 0 Å². The van der Waals surface area contributed by atoms with Gasteiger partial charge < -0.3 is 52.2 Å². The maximum Gasteiger partial charge on any atom is 2.00 e. The second kappa shape index (κ2) is 46.3. The quantitative estimate of drug-likeness (QED) is 0.0458. The van der Waals surface area contributed by atoms with E-state index in [1.807, 2.05) is 0 Å². The zero-order valence-electron chi connectivity index (χ0n) is 28.4. The molecule has 3 aromatic carbocycles. The van der Waals surface area contributed by atoms with Gasteiger partial charge in [0.1, 0.15) is 11.5 Å². The van der Waals surface area contributed by atoms with Gasteiger partial charge in [0.2, 0.25) is 0 Å². The van der Waals surface area contributed by atoms with Crippen molar-refractivity contribution in [3.8, 4) is 11.5 Å². The monoisotopic (exact) mass is 1570 g/mol. The summed E-state index contributed by atoms with van der Waals surface area (Å²) in [6.45, 7) is 20.9. The molecule has 0 heterocycles. The molecule has 7 nitrogen and oxygen atoms in total. The van der Waals surface area contributed by atoms with Gasteiger partial charge in [-0.15, -0.1) is 0 Å². The summed E-state index contributed by atoms with van der Waals surface area (Å²) in [5.74, 6) is -0.630. The summed E-state index contributed by atoms with van der Waals surface area (Å²) in [5, 5.41) is 7.51. The second-order valence-corrected chi connectivity index (χ2v) is 8.67. The number of ether oxygens (including phenoxy) is 2. The van der Waals surface area contributed by atoms with Crippen molar-refractivity contribution >= 4 is 30.7 Å². The van der Waals surface area contributed by atoms with Gasteiger partial charge in [0.05, 0.1) is 0 Å². The molecule has 0 aromatic heterocycles. The first kappa shape index (κ1) is 61.3. The molecular formula is C39H43NO6U4. The van der Waals surface area contributed by atoms with Crippen LogP contribution in [0.3, 0.4) is 0 Å². The Kier molecular flexibility index (Phi) is 56.8. The molecule has 0 fully saturated rings. The van der Waals surface area contributed by atoms with E-state index in [1.165, 1.54) is 56.5 Å². The van der Waals surface area contributed by atoms with Gasteiger partial charge in [0, 0.05) is 11.8 Å². The number of hydrogen-bond acceptors (Lipinski definition) is 7. The Labute approximate surface area is 395 Å². The Morgan fingerprint density at radius 3 is 1.30 bits per heavy atom. The van der Waals surface area contributed by atoms with E-state index in [1.54, 1.807) is 48.5 Å². The van der Waals surface area contributed by atoms with Crippen molar-refractivity contribution in [2.75, 3.05) is 0 Å². The third kappa shape index (κ3) is 34.4. The molecule has 3 rings (SSSR count). The molecule has 0 bridgehead atoms. The van der Waals surface area contributed by atoms with Crippen molar-refractivity contribution < 1.29 is 153 Å². The van der Waals surface area contributed by atoms with Gasteiger partial charge >= 0.3 is 136 Å². The minimum absolute atomic E-state index is 0. The van der Waals surface area contributed by atoms with E-state index >= 15 is 0 Å². The Morgan fingerprint density at radius 1 is 0.660 bits per heavy atom. The summed E-state index contributed by atoms with van der Waals surface area (Å²) >= 11 is 0. The number of allylic oxidation sites excluding steroid dienone is 2. The summed E-state index contributed by atoms with van der Waals surface area (Å²) in [7, 11) is 0. The molecule has 0 radical (unpaired) electrons. The number of hydrogen-bond donors (Lipinski definition) is 1. The van der Waals surface area contributed by atoms with Gasteiger partial charge in [-0.25, -0.2) is 34.9 Å². The normalized spacial score (nSPS) is 8.16. The van der Waals surface area contributed by atoms with E-state index in [9.17, 15) is 9.59 Å². The van der Waals surface area contributed by atoms with Crippen LogP contribution in [0.1, 0.15) is 77.6 Å². The molecule has 0 saturated heterocycles. The molecule has 1 N–H and O–H groups in total. The third-order valence-corrected chi connectivity index (χ3v) is 5.12. The molecule has 11 heteroatoms. The molecular weight excluding hydrogens is 1530 g/mol. The third-order valence-electron chi connectivity index (χ3n) is 5.12. The minimum atomic E-state index is -0.549. The maximum absolute atomic E-state index is 12.1. The summed E-state index contributed by atoms with van der Waals surface area (Å²) in [5.41, 5.74) is 1.07. The number of esters is 2. The Bertz CT molecular complexity index is 1240. The van der Waals surface area contributed by atoms with E-state index in [0.717, 1.165) is 44.0 Å². The molecule has 0 aliphatic rings. The fourth-order valence-electron chi connectivity index (χ4n) is 2.87. The summed E-state index contributed by atoms with van der Waals surface area (Å²) in [6, 6.07) is 22.9. The summed E-state index contributed by atoms with van der Waals surface area (Å²) < 4.78 is 10.6. The van der Waals surface area contributed by atoms with Gasteiger partial charge in [-0.1, -0.05) is 25.7 Å². The van der Waals surface area contributed by atoms with Gasteiger partial charge in [0.15, 0.2) is 0 Å². The second-order valence-electron chi connectivity index (χ2n) is 8.67. The molecule has 0 saturated carbocycles. The zero-order chi connectivity index (χ0) is 34.8. The number of carbonyl (C=O) groups excluding carboxylic acids is 4. The molecule has 50 heavy (non-hydrogen) atoms. The van der Waals surface area contributed by atoms with Crippen molar-refractivity contribution in [3.05, 3.63) is 149 Å². The van der Waals surface area contributed by atoms with Crippen molar-refractivity contribution in [1.29, 1.82) is 5.41 Å². The topological polar surface area (TPSA) is 111 Å². The van der Waals surface area contributed by atoms with Crippen LogP contribution in [0.15, 0.2) is 92.0 Å². The first-order chi connectivity index (χ1) is 22.3. The first-order valence-electron chi connectivity index (χ1n) is 14.5. The average Bonchev–Trinajstić information content (AvgIpc) is 3.11. The van der Waals surface area contributed by atoms with E-state index in [-0.39, 0.29) is 136 Å². The standard InChI is InChI=1S/C21H13NO4.2C6H12.2C3H3O.4U/c22-14-17-13-18(25-20(23)15-7-3-1-4-8-15)11-12-19(17)26-21(24)16-9-5-2-6-10-16;2*1-3-5-6-4-2;2*1-2-3-4;;;;/h3-14,22H;2*1-6H2;2*2H,1H2;;;;/q3*-2;2*-1;4*+2. The van der Waals surface area contributed by atoms with Crippen LogP contribution in [0.25, 0.3) is 0 Å². The molecule has 0 aliphatic carbocycles. The van der Waals surface area contributed by atoms with Crippen LogP contribution in [0.4, 0.5) is 0 Å². The number of rotatable bonds is 13. The van der Waals surface area contributed by atoms with Crippen LogP contribution >= 0.6 is 0 Å².